The molecule has 4 rings (SSSR count). The van der Waals surface area contributed by atoms with E-state index in [0.29, 0.717) is 17.3 Å². The monoisotopic (exact) mass is 376 g/mol. The van der Waals surface area contributed by atoms with Crippen LogP contribution in [0, 0.1) is 0 Å². The van der Waals surface area contributed by atoms with Gasteiger partial charge in [-0.15, -0.1) is 11.3 Å². The van der Waals surface area contributed by atoms with Crippen molar-refractivity contribution in [3.05, 3.63) is 46.8 Å². The number of halogens is 1. The van der Waals surface area contributed by atoms with Crippen LogP contribution in [0.2, 0.25) is 5.02 Å². The average Bonchev–Trinajstić information content (AvgIpc) is 3.19. The first kappa shape index (κ1) is 15.8. The van der Waals surface area contributed by atoms with Gasteiger partial charge in [-0.2, -0.15) is 0 Å². The van der Waals surface area contributed by atoms with Crippen molar-refractivity contribution in [2.24, 2.45) is 0 Å². The van der Waals surface area contributed by atoms with E-state index < -0.39 is 0 Å². The van der Waals surface area contributed by atoms with Crippen molar-refractivity contribution in [2.45, 2.75) is 17.3 Å². The molecule has 3 aromatic heterocycles. The minimum atomic E-state index is 0.0535. The van der Waals surface area contributed by atoms with Gasteiger partial charge in [0.15, 0.2) is 0 Å². The van der Waals surface area contributed by atoms with E-state index >= 15 is 0 Å². The fourth-order valence-electron chi connectivity index (χ4n) is 2.62. The number of aromatic nitrogens is 4. The predicted molar refractivity (Wildman–Crippen MR) is 98.8 cm³/mol. The van der Waals surface area contributed by atoms with Gasteiger partial charge in [-0.3, -0.25) is 0 Å². The number of benzene rings is 1. The Labute approximate surface area is 151 Å². The molecule has 0 atom stereocenters. The fraction of sp³-hybridized carbons (Fsp3) is 0.188. The Morgan fingerprint density at radius 3 is 3.04 bits per heavy atom. The molecule has 0 radical (unpaired) electrons. The lowest BCUT2D eigenvalue weighted by Gasteiger charge is -2.07. The number of rotatable bonds is 5. The molecule has 122 valence electrons. The molecule has 0 aliphatic carbocycles. The van der Waals surface area contributed by atoms with Crippen LogP contribution in [0.5, 0.6) is 0 Å². The topological polar surface area (TPSA) is 63.8 Å². The average molecular weight is 377 g/mol. The molecule has 3 heterocycles. The zero-order chi connectivity index (χ0) is 16.5. The number of nitrogens with zero attached hydrogens (tertiary/aromatic N) is 4. The number of hydrogen-bond acceptors (Lipinski definition) is 6. The Morgan fingerprint density at radius 2 is 2.17 bits per heavy atom. The van der Waals surface area contributed by atoms with Crippen LogP contribution in [-0.4, -0.2) is 31.2 Å². The number of hydrogen-bond donors (Lipinski definition) is 1. The van der Waals surface area contributed by atoms with Crippen LogP contribution in [-0.2, 0) is 12.3 Å². The second-order valence-electron chi connectivity index (χ2n) is 5.14. The van der Waals surface area contributed by atoms with Gasteiger partial charge >= 0.3 is 0 Å². The normalized spacial score (nSPS) is 11.6. The fourth-order valence-corrected chi connectivity index (χ4v) is 4.51. The highest BCUT2D eigenvalue weighted by molar-refractivity contribution is 7.98. The van der Waals surface area contributed by atoms with Gasteiger partial charge in [0.25, 0.3) is 0 Å². The summed E-state index contributed by atoms with van der Waals surface area (Å²) in [5.74, 6) is 1.56. The lowest BCUT2D eigenvalue weighted by Crippen LogP contribution is -2.06. The molecule has 0 unspecified atom stereocenters. The Kier molecular flexibility index (Phi) is 4.41. The molecule has 1 aromatic carbocycles. The third-order valence-corrected chi connectivity index (χ3v) is 5.73. The first-order chi connectivity index (χ1) is 11.8. The van der Waals surface area contributed by atoms with Crippen LogP contribution >= 0.6 is 34.7 Å². The van der Waals surface area contributed by atoms with Gasteiger partial charge in [0.2, 0.25) is 0 Å². The number of fused-ring (bicyclic) bond motifs is 2. The Bertz CT molecular complexity index is 1010. The smallest absolute Gasteiger partial charge is 0.127 e. The lowest BCUT2D eigenvalue weighted by molar-refractivity contribution is 0.276. The molecule has 0 spiro atoms. The molecule has 0 aliphatic heterocycles. The SMILES string of the molecule is OCCn1c(CSc2ncnc3sccc23)nc2ccc(Cl)cc21. The van der Waals surface area contributed by atoms with Gasteiger partial charge in [0.1, 0.15) is 22.0 Å². The van der Waals surface area contributed by atoms with Crippen LogP contribution in [0.1, 0.15) is 5.82 Å². The van der Waals surface area contributed by atoms with Gasteiger partial charge in [0.05, 0.1) is 23.4 Å². The minimum absolute atomic E-state index is 0.0535. The summed E-state index contributed by atoms with van der Waals surface area (Å²) in [7, 11) is 0. The Balaban J connectivity index is 1.69. The summed E-state index contributed by atoms with van der Waals surface area (Å²) in [6, 6.07) is 7.66. The van der Waals surface area contributed by atoms with Crippen LogP contribution in [0.3, 0.4) is 0 Å². The van der Waals surface area contributed by atoms with E-state index in [2.05, 4.69) is 15.0 Å². The number of aliphatic hydroxyl groups is 1. The summed E-state index contributed by atoms with van der Waals surface area (Å²) in [4.78, 5) is 14.3. The molecule has 0 bridgehead atoms. The highest BCUT2D eigenvalue weighted by Crippen LogP contribution is 2.31. The maximum absolute atomic E-state index is 9.38. The van der Waals surface area contributed by atoms with Gasteiger partial charge in [-0.1, -0.05) is 23.4 Å². The van der Waals surface area contributed by atoms with E-state index in [9.17, 15) is 5.11 Å². The minimum Gasteiger partial charge on any atom is -0.395 e. The largest absolute Gasteiger partial charge is 0.395 e. The Hall–Kier alpha value is -1.67. The standard InChI is InChI=1S/C16H13ClN4OS2/c17-10-1-2-12-13(7-10)21(4-5-22)14(20-12)8-24-16-11-3-6-23-15(11)18-9-19-16/h1-3,6-7,9,22H,4-5,8H2. The molecule has 0 saturated carbocycles. The van der Waals surface area contributed by atoms with Gasteiger partial charge in [-0.05, 0) is 29.6 Å². The molecule has 4 aromatic rings. The second kappa shape index (κ2) is 6.68. The molecule has 0 fully saturated rings. The third-order valence-electron chi connectivity index (χ3n) is 3.68. The summed E-state index contributed by atoms with van der Waals surface area (Å²) >= 11 is 9.33. The first-order valence-corrected chi connectivity index (χ1v) is 9.57. The molecule has 1 N–H and O–H groups in total. The molecular formula is C16H13ClN4OS2. The third kappa shape index (κ3) is 2.88. The summed E-state index contributed by atoms with van der Waals surface area (Å²) in [5, 5.41) is 14.1. The molecule has 0 amide bonds. The van der Waals surface area contributed by atoms with Crippen molar-refractivity contribution >= 4 is 55.9 Å². The Morgan fingerprint density at radius 1 is 1.25 bits per heavy atom. The van der Waals surface area contributed by atoms with Crippen molar-refractivity contribution in [3.63, 3.8) is 0 Å². The van der Waals surface area contributed by atoms with Crippen molar-refractivity contribution in [1.82, 2.24) is 19.5 Å². The zero-order valence-electron chi connectivity index (χ0n) is 12.5. The number of thiophene rings is 1. The number of imidazole rings is 1. The van der Waals surface area contributed by atoms with Gasteiger partial charge < -0.3 is 9.67 Å². The van der Waals surface area contributed by atoms with E-state index in [-0.39, 0.29) is 6.61 Å². The van der Waals surface area contributed by atoms with Crippen molar-refractivity contribution < 1.29 is 5.11 Å². The first-order valence-electron chi connectivity index (χ1n) is 7.33. The van der Waals surface area contributed by atoms with E-state index in [1.165, 1.54) is 0 Å². The predicted octanol–water partition coefficient (Wildman–Crippen LogP) is 3.98. The quantitative estimate of drug-likeness (QED) is 0.421. The zero-order valence-corrected chi connectivity index (χ0v) is 14.9. The molecule has 0 aliphatic rings. The molecular weight excluding hydrogens is 364 g/mol. The summed E-state index contributed by atoms with van der Waals surface area (Å²) in [6.45, 7) is 0.544. The maximum Gasteiger partial charge on any atom is 0.127 e. The van der Waals surface area contributed by atoms with E-state index in [0.717, 1.165) is 32.1 Å². The van der Waals surface area contributed by atoms with Gasteiger partial charge in [-0.25, -0.2) is 15.0 Å². The lowest BCUT2D eigenvalue weighted by atomic mass is 10.3. The molecule has 8 heteroatoms. The maximum atomic E-state index is 9.38. The summed E-state index contributed by atoms with van der Waals surface area (Å²) in [6.07, 6.45) is 1.59. The van der Waals surface area contributed by atoms with Crippen molar-refractivity contribution in [2.75, 3.05) is 6.61 Å². The second-order valence-corrected chi connectivity index (χ2v) is 7.44. The number of aliphatic hydroxyl groups excluding tert-OH is 1. The van der Waals surface area contributed by atoms with Crippen LogP contribution in [0.15, 0.2) is 41.0 Å². The highest BCUT2D eigenvalue weighted by atomic mass is 35.5. The summed E-state index contributed by atoms with van der Waals surface area (Å²) < 4.78 is 2.01. The molecule has 0 saturated heterocycles. The van der Waals surface area contributed by atoms with E-state index in [4.69, 9.17) is 11.6 Å². The van der Waals surface area contributed by atoms with E-state index in [1.54, 1.807) is 29.4 Å². The van der Waals surface area contributed by atoms with Gasteiger partial charge in [0, 0.05) is 17.0 Å². The van der Waals surface area contributed by atoms with Crippen molar-refractivity contribution in [1.29, 1.82) is 0 Å². The van der Waals surface area contributed by atoms with Crippen LogP contribution in [0.4, 0.5) is 0 Å². The van der Waals surface area contributed by atoms with Crippen LogP contribution < -0.4 is 0 Å². The summed E-state index contributed by atoms with van der Waals surface area (Å²) in [5.41, 5.74) is 1.82. The van der Waals surface area contributed by atoms with Crippen LogP contribution in [0.25, 0.3) is 21.3 Å². The van der Waals surface area contributed by atoms with E-state index in [1.807, 2.05) is 34.2 Å². The number of thioether (sulfide) groups is 1. The molecule has 5 nitrogen and oxygen atoms in total. The molecule has 24 heavy (non-hydrogen) atoms. The van der Waals surface area contributed by atoms with Crippen molar-refractivity contribution in [3.8, 4) is 0 Å². The highest BCUT2D eigenvalue weighted by Gasteiger charge is 2.13.